The molecule has 1 aromatic carbocycles. The molecule has 0 saturated carbocycles. The third-order valence-electron chi connectivity index (χ3n) is 3.04. The molecule has 0 radical (unpaired) electrons. The first kappa shape index (κ1) is 14.5. The molecule has 0 bridgehead atoms. The largest absolute Gasteiger partial charge is 0.497 e. The van der Waals surface area contributed by atoms with Gasteiger partial charge in [-0.3, -0.25) is 10.1 Å². The summed E-state index contributed by atoms with van der Waals surface area (Å²) < 4.78 is 5.11. The average molecular weight is 251 g/mol. The Bertz CT molecular complexity index is 375. The SMILES string of the molecule is CCC(NC(CC)c1ccc(OC)cc1)C(=O)O. The van der Waals surface area contributed by atoms with E-state index in [-0.39, 0.29) is 6.04 Å². The number of methoxy groups -OCH3 is 1. The van der Waals surface area contributed by atoms with Crippen LogP contribution in [0.2, 0.25) is 0 Å². The van der Waals surface area contributed by atoms with E-state index in [1.807, 2.05) is 38.1 Å². The van der Waals surface area contributed by atoms with Crippen molar-refractivity contribution < 1.29 is 14.6 Å². The van der Waals surface area contributed by atoms with Crippen LogP contribution in [0, 0.1) is 0 Å². The molecule has 0 amide bonds. The minimum atomic E-state index is -0.801. The van der Waals surface area contributed by atoms with E-state index in [1.165, 1.54) is 0 Å². The predicted molar refractivity (Wildman–Crippen MR) is 70.9 cm³/mol. The summed E-state index contributed by atoms with van der Waals surface area (Å²) in [6, 6.07) is 7.26. The van der Waals surface area contributed by atoms with Gasteiger partial charge in [0.15, 0.2) is 0 Å². The first-order valence-electron chi connectivity index (χ1n) is 6.25. The fourth-order valence-electron chi connectivity index (χ4n) is 1.89. The molecule has 18 heavy (non-hydrogen) atoms. The molecule has 0 fully saturated rings. The Labute approximate surface area is 108 Å². The summed E-state index contributed by atoms with van der Waals surface area (Å²) in [6.45, 7) is 3.91. The summed E-state index contributed by atoms with van der Waals surface area (Å²) in [6.07, 6.45) is 1.41. The van der Waals surface area contributed by atoms with Gasteiger partial charge in [-0.1, -0.05) is 26.0 Å². The van der Waals surface area contributed by atoms with E-state index in [2.05, 4.69) is 5.32 Å². The van der Waals surface area contributed by atoms with Gasteiger partial charge in [-0.25, -0.2) is 0 Å². The Morgan fingerprint density at radius 2 is 1.89 bits per heavy atom. The molecule has 0 saturated heterocycles. The maximum absolute atomic E-state index is 11.0. The van der Waals surface area contributed by atoms with E-state index in [4.69, 9.17) is 9.84 Å². The van der Waals surface area contributed by atoms with Crippen LogP contribution >= 0.6 is 0 Å². The first-order chi connectivity index (χ1) is 8.62. The van der Waals surface area contributed by atoms with Crippen molar-refractivity contribution in [2.24, 2.45) is 0 Å². The van der Waals surface area contributed by atoms with Crippen LogP contribution in [-0.4, -0.2) is 24.2 Å². The summed E-state index contributed by atoms with van der Waals surface area (Å²) >= 11 is 0. The van der Waals surface area contributed by atoms with Crippen molar-refractivity contribution >= 4 is 5.97 Å². The van der Waals surface area contributed by atoms with Crippen LogP contribution in [-0.2, 0) is 4.79 Å². The molecule has 2 atom stereocenters. The Hall–Kier alpha value is -1.55. The minimum Gasteiger partial charge on any atom is -0.497 e. The standard InChI is InChI=1S/C14H21NO3/c1-4-12(15-13(5-2)14(16)17)10-6-8-11(18-3)9-7-10/h6-9,12-13,15H,4-5H2,1-3H3,(H,16,17). The third-order valence-corrected chi connectivity index (χ3v) is 3.04. The molecular formula is C14H21NO3. The van der Waals surface area contributed by atoms with Gasteiger partial charge >= 0.3 is 5.97 Å². The number of carboxylic acid groups (broad SMARTS) is 1. The lowest BCUT2D eigenvalue weighted by Gasteiger charge is -2.22. The molecule has 0 aliphatic carbocycles. The van der Waals surface area contributed by atoms with Crippen LogP contribution < -0.4 is 10.1 Å². The lowest BCUT2D eigenvalue weighted by Crippen LogP contribution is -2.38. The number of nitrogens with one attached hydrogen (secondary N) is 1. The normalized spacial score (nSPS) is 13.9. The molecule has 0 heterocycles. The number of rotatable bonds is 7. The monoisotopic (exact) mass is 251 g/mol. The molecule has 0 spiro atoms. The maximum Gasteiger partial charge on any atom is 0.320 e. The lowest BCUT2D eigenvalue weighted by atomic mass is 10.0. The number of ether oxygens (including phenoxy) is 1. The van der Waals surface area contributed by atoms with Crippen molar-refractivity contribution in [3.63, 3.8) is 0 Å². The number of benzene rings is 1. The second-order valence-electron chi connectivity index (χ2n) is 4.20. The highest BCUT2D eigenvalue weighted by Crippen LogP contribution is 2.20. The van der Waals surface area contributed by atoms with Crippen molar-refractivity contribution in [1.82, 2.24) is 5.32 Å². The minimum absolute atomic E-state index is 0.0527. The van der Waals surface area contributed by atoms with Crippen LogP contribution in [0.1, 0.15) is 38.3 Å². The van der Waals surface area contributed by atoms with Gasteiger partial charge in [-0.05, 0) is 30.5 Å². The van der Waals surface area contributed by atoms with Crippen LogP contribution in [0.3, 0.4) is 0 Å². The quantitative estimate of drug-likeness (QED) is 0.782. The van der Waals surface area contributed by atoms with Gasteiger partial charge in [0.1, 0.15) is 11.8 Å². The Kier molecular flexibility index (Phi) is 5.65. The van der Waals surface area contributed by atoms with E-state index in [0.29, 0.717) is 6.42 Å². The van der Waals surface area contributed by atoms with Gasteiger partial charge in [0, 0.05) is 6.04 Å². The van der Waals surface area contributed by atoms with E-state index in [9.17, 15) is 4.79 Å². The van der Waals surface area contributed by atoms with E-state index >= 15 is 0 Å². The molecule has 4 nitrogen and oxygen atoms in total. The molecule has 2 unspecified atom stereocenters. The highest BCUT2D eigenvalue weighted by Gasteiger charge is 2.19. The van der Waals surface area contributed by atoms with Gasteiger partial charge in [0.05, 0.1) is 7.11 Å². The molecule has 100 valence electrons. The summed E-state index contributed by atoms with van der Waals surface area (Å²) in [5, 5.41) is 12.2. The summed E-state index contributed by atoms with van der Waals surface area (Å²) in [4.78, 5) is 11.0. The van der Waals surface area contributed by atoms with Crippen molar-refractivity contribution in [3.8, 4) is 5.75 Å². The number of hydrogen-bond donors (Lipinski definition) is 2. The summed E-state index contributed by atoms with van der Waals surface area (Å²) in [7, 11) is 1.63. The van der Waals surface area contributed by atoms with Crippen LogP contribution in [0.15, 0.2) is 24.3 Å². The van der Waals surface area contributed by atoms with Gasteiger partial charge in [0.25, 0.3) is 0 Å². The molecular weight excluding hydrogens is 230 g/mol. The van der Waals surface area contributed by atoms with Crippen LogP contribution in [0.5, 0.6) is 5.75 Å². The summed E-state index contributed by atoms with van der Waals surface area (Å²) in [5.74, 6) is 0.00309. The van der Waals surface area contributed by atoms with Crippen molar-refractivity contribution in [2.75, 3.05) is 7.11 Å². The lowest BCUT2D eigenvalue weighted by molar-refractivity contribution is -0.139. The molecule has 1 rings (SSSR count). The molecule has 0 aliphatic heterocycles. The Morgan fingerprint density at radius 1 is 1.28 bits per heavy atom. The Balaban J connectivity index is 2.78. The zero-order valence-electron chi connectivity index (χ0n) is 11.1. The zero-order valence-corrected chi connectivity index (χ0v) is 11.1. The van der Waals surface area contributed by atoms with Crippen LogP contribution in [0.4, 0.5) is 0 Å². The molecule has 0 aromatic heterocycles. The fraction of sp³-hybridized carbons (Fsp3) is 0.500. The number of carboxylic acids is 1. The fourth-order valence-corrected chi connectivity index (χ4v) is 1.89. The molecule has 2 N–H and O–H groups in total. The Morgan fingerprint density at radius 3 is 2.28 bits per heavy atom. The highest BCUT2D eigenvalue weighted by atomic mass is 16.5. The van der Waals surface area contributed by atoms with Crippen molar-refractivity contribution in [1.29, 1.82) is 0 Å². The maximum atomic E-state index is 11.0. The number of aliphatic carboxylic acids is 1. The highest BCUT2D eigenvalue weighted by molar-refractivity contribution is 5.73. The number of carbonyl (C=O) groups is 1. The van der Waals surface area contributed by atoms with Crippen molar-refractivity contribution in [3.05, 3.63) is 29.8 Å². The topological polar surface area (TPSA) is 58.6 Å². The van der Waals surface area contributed by atoms with E-state index < -0.39 is 12.0 Å². The predicted octanol–water partition coefficient (Wildman–Crippen LogP) is 2.60. The molecule has 0 aliphatic rings. The first-order valence-corrected chi connectivity index (χ1v) is 6.25. The zero-order chi connectivity index (χ0) is 13.5. The molecule has 1 aromatic rings. The molecule has 4 heteroatoms. The van der Waals surface area contributed by atoms with Crippen LogP contribution in [0.25, 0.3) is 0 Å². The van der Waals surface area contributed by atoms with Gasteiger partial charge in [0.2, 0.25) is 0 Å². The van der Waals surface area contributed by atoms with E-state index in [1.54, 1.807) is 7.11 Å². The second kappa shape index (κ2) is 7.01. The summed E-state index contributed by atoms with van der Waals surface area (Å²) in [5.41, 5.74) is 1.08. The van der Waals surface area contributed by atoms with Gasteiger partial charge in [-0.15, -0.1) is 0 Å². The van der Waals surface area contributed by atoms with Gasteiger partial charge in [-0.2, -0.15) is 0 Å². The smallest absolute Gasteiger partial charge is 0.320 e. The third kappa shape index (κ3) is 3.74. The van der Waals surface area contributed by atoms with Crippen molar-refractivity contribution in [2.45, 2.75) is 38.8 Å². The second-order valence-corrected chi connectivity index (χ2v) is 4.20. The number of hydrogen-bond acceptors (Lipinski definition) is 3. The average Bonchev–Trinajstić information content (AvgIpc) is 2.40. The van der Waals surface area contributed by atoms with E-state index in [0.717, 1.165) is 17.7 Å². The van der Waals surface area contributed by atoms with Gasteiger partial charge < -0.3 is 9.84 Å².